The van der Waals surface area contributed by atoms with Crippen LogP contribution in [-0.4, -0.2) is 69.9 Å². The highest BCUT2D eigenvalue weighted by molar-refractivity contribution is 5.99. The van der Waals surface area contributed by atoms with Crippen molar-refractivity contribution in [2.24, 2.45) is 0 Å². The summed E-state index contributed by atoms with van der Waals surface area (Å²) in [7, 11) is 3.09. The van der Waals surface area contributed by atoms with Gasteiger partial charge in [0.05, 0.1) is 31.2 Å². The van der Waals surface area contributed by atoms with E-state index in [-0.39, 0.29) is 36.5 Å². The summed E-state index contributed by atoms with van der Waals surface area (Å²) >= 11 is 0. The molecule has 1 aliphatic heterocycles. The van der Waals surface area contributed by atoms with Crippen LogP contribution in [0.3, 0.4) is 0 Å². The van der Waals surface area contributed by atoms with Gasteiger partial charge in [0.2, 0.25) is 5.76 Å². The number of H-pyrrole nitrogens is 1. The summed E-state index contributed by atoms with van der Waals surface area (Å²) in [6.45, 7) is 3.21. The van der Waals surface area contributed by atoms with Gasteiger partial charge in [0.1, 0.15) is 13.2 Å². The van der Waals surface area contributed by atoms with E-state index in [9.17, 15) is 14.4 Å². The zero-order chi connectivity index (χ0) is 24.1. The van der Waals surface area contributed by atoms with Gasteiger partial charge < -0.3 is 34.0 Å². The molecular formula is C23H32N2O8. The number of aromatic nitrogens is 1. The molecule has 1 amide bonds. The van der Waals surface area contributed by atoms with Crippen molar-refractivity contribution in [3.05, 3.63) is 40.7 Å². The molecule has 0 saturated heterocycles. The summed E-state index contributed by atoms with van der Waals surface area (Å²) < 4.78 is 26.1. The summed E-state index contributed by atoms with van der Waals surface area (Å²) in [6, 6.07) is 3.42. The van der Waals surface area contributed by atoms with E-state index in [0.29, 0.717) is 62.6 Å². The first-order valence-corrected chi connectivity index (χ1v) is 10.9. The van der Waals surface area contributed by atoms with E-state index in [1.165, 1.54) is 7.11 Å². The molecule has 0 unspecified atom stereocenters. The number of ether oxygens (including phenoxy) is 5. The number of unbranched alkanes of at least 4 members (excludes halogenated alkanes) is 1. The lowest BCUT2D eigenvalue weighted by molar-refractivity contribution is -0.143. The first-order chi connectivity index (χ1) is 16.0. The highest BCUT2D eigenvalue weighted by Gasteiger charge is 2.31. The molecule has 0 spiro atoms. The number of Topliss-reactive ketones (excluding diaryl/α,β-unsaturated/α-hetero) is 1. The number of aromatic amines is 1. The predicted molar refractivity (Wildman–Crippen MR) is 119 cm³/mol. The zero-order valence-electron chi connectivity index (χ0n) is 19.4. The number of hydrogen-bond acceptors (Lipinski definition) is 8. The first-order valence-electron chi connectivity index (χ1n) is 10.9. The second-order valence-electron chi connectivity index (χ2n) is 7.12. The average molecular weight is 465 g/mol. The van der Waals surface area contributed by atoms with Crippen molar-refractivity contribution in [3.63, 3.8) is 0 Å². The van der Waals surface area contributed by atoms with Crippen molar-refractivity contribution < 1.29 is 38.1 Å². The second kappa shape index (κ2) is 14.1. The minimum Gasteiger partial charge on any atom is -0.485 e. The molecule has 0 aliphatic carbocycles. The fraction of sp³-hybridized carbons (Fsp3) is 0.522. The number of methoxy groups -OCH3 is 2. The normalized spacial score (nSPS) is 14.5. The Labute approximate surface area is 193 Å². The molecule has 10 heteroatoms. The van der Waals surface area contributed by atoms with Crippen LogP contribution in [0.15, 0.2) is 29.3 Å². The van der Waals surface area contributed by atoms with Crippen LogP contribution in [0.1, 0.15) is 48.8 Å². The van der Waals surface area contributed by atoms with Gasteiger partial charge in [-0.2, -0.15) is 0 Å². The molecule has 1 aliphatic rings. The van der Waals surface area contributed by atoms with Gasteiger partial charge in [-0.05, 0) is 38.0 Å². The van der Waals surface area contributed by atoms with E-state index in [2.05, 4.69) is 10.3 Å². The number of carbonyl (C=O) groups excluding carboxylic acids is 3. The predicted octanol–water partition coefficient (Wildman–Crippen LogP) is 2.33. The number of rotatable bonds is 16. The van der Waals surface area contributed by atoms with Crippen LogP contribution in [0, 0.1) is 0 Å². The monoisotopic (exact) mass is 464 g/mol. The number of amides is 1. The number of esters is 1. The van der Waals surface area contributed by atoms with E-state index < -0.39 is 5.91 Å². The molecule has 2 N–H and O–H groups in total. The summed E-state index contributed by atoms with van der Waals surface area (Å²) in [5.74, 6) is -0.392. The number of ketones is 1. The Morgan fingerprint density at radius 2 is 1.61 bits per heavy atom. The molecule has 0 atom stereocenters. The van der Waals surface area contributed by atoms with Crippen molar-refractivity contribution >= 4 is 23.7 Å². The van der Waals surface area contributed by atoms with Crippen molar-refractivity contribution in [1.82, 2.24) is 10.3 Å². The highest BCUT2D eigenvalue weighted by atomic mass is 16.6. The summed E-state index contributed by atoms with van der Waals surface area (Å²) in [6.07, 6.45) is 3.47. The highest BCUT2D eigenvalue weighted by Crippen LogP contribution is 2.25. The molecule has 1 aromatic heterocycles. The van der Waals surface area contributed by atoms with E-state index in [1.54, 1.807) is 32.2 Å². The lowest BCUT2D eigenvalue weighted by atomic mass is 10.1. The topological polar surface area (TPSA) is 125 Å². The summed E-state index contributed by atoms with van der Waals surface area (Å²) in [5.41, 5.74) is 1.48. The van der Waals surface area contributed by atoms with E-state index in [1.807, 2.05) is 0 Å². The van der Waals surface area contributed by atoms with Crippen LogP contribution in [-0.2, 0) is 33.3 Å². The lowest BCUT2D eigenvalue weighted by Crippen LogP contribution is -2.18. The largest absolute Gasteiger partial charge is 0.485 e. The molecule has 0 saturated carbocycles. The summed E-state index contributed by atoms with van der Waals surface area (Å²) in [5, 5.41) is 2.73. The van der Waals surface area contributed by atoms with Gasteiger partial charge >= 0.3 is 5.97 Å². The number of carbonyl (C=O) groups is 3. The third-order valence-electron chi connectivity index (χ3n) is 4.62. The lowest BCUT2D eigenvalue weighted by Gasteiger charge is -2.10. The maximum Gasteiger partial charge on any atom is 0.305 e. The molecule has 0 fully saturated rings. The molecule has 2 rings (SSSR count). The van der Waals surface area contributed by atoms with E-state index >= 15 is 0 Å². The molecule has 0 bridgehead atoms. The maximum atomic E-state index is 12.4. The Hall–Kier alpha value is -3.11. The molecule has 2 heterocycles. The third kappa shape index (κ3) is 8.39. The average Bonchev–Trinajstić information content (AvgIpc) is 3.37. The van der Waals surface area contributed by atoms with Gasteiger partial charge in [0, 0.05) is 32.8 Å². The molecule has 1 aromatic rings. The van der Waals surface area contributed by atoms with Crippen LogP contribution in [0.25, 0.3) is 6.08 Å². The van der Waals surface area contributed by atoms with Crippen LogP contribution in [0.4, 0.5) is 0 Å². The van der Waals surface area contributed by atoms with Crippen molar-refractivity contribution in [1.29, 1.82) is 0 Å². The van der Waals surface area contributed by atoms with Crippen LogP contribution >= 0.6 is 0 Å². The van der Waals surface area contributed by atoms with Gasteiger partial charge in [-0.1, -0.05) is 0 Å². The second-order valence-corrected chi connectivity index (χ2v) is 7.12. The van der Waals surface area contributed by atoms with Crippen molar-refractivity contribution in [3.8, 4) is 0 Å². The number of hydrogen-bond donors (Lipinski definition) is 2. The fourth-order valence-electron chi connectivity index (χ4n) is 3.03. The molecular weight excluding hydrogens is 432 g/mol. The van der Waals surface area contributed by atoms with Crippen molar-refractivity contribution in [2.75, 3.05) is 47.3 Å². The number of nitrogens with one attached hydrogen (secondary N) is 2. The molecule has 33 heavy (non-hydrogen) atoms. The van der Waals surface area contributed by atoms with Crippen molar-refractivity contribution in [2.45, 2.75) is 32.6 Å². The Balaban J connectivity index is 2.03. The third-order valence-corrected chi connectivity index (χ3v) is 4.62. The van der Waals surface area contributed by atoms with Gasteiger partial charge in [-0.3, -0.25) is 14.4 Å². The first kappa shape index (κ1) is 26.1. The quantitative estimate of drug-likeness (QED) is 0.217. The summed E-state index contributed by atoms with van der Waals surface area (Å²) in [4.78, 5) is 39.2. The Bertz CT molecular complexity index is 872. The van der Waals surface area contributed by atoms with Gasteiger partial charge in [-0.15, -0.1) is 0 Å². The van der Waals surface area contributed by atoms with Gasteiger partial charge in [-0.25, -0.2) is 0 Å². The van der Waals surface area contributed by atoms with E-state index in [4.69, 9.17) is 23.7 Å². The van der Waals surface area contributed by atoms with E-state index in [0.717, 1.165) is 0 Å². The molecule has 0 radical (unpaired) electrons. The molecule has 0 aromatic carbocycles. The fourth-order valence-corrected chi connectivity index (χ4v) is 3.03. The SMILES string of the molecule is CCOC(=O)CCCCC(=O)c1ccc(C=C2NC(=O)C(OCCOC)=C2OCCOC)[nH]1. The minimum atomic E-state index is -0.422. The maximum absolute atomic E-state index is 12.4. The minimum absolute atomic E-state index is 0.0605. The zero-order valence-corrected chi connectivity index (χ0v) is 19.4. The van der Waals surface area contributed by atoms with Crippen LogP contribution < -0.4 is 5.32 Å². The van der Waals surface area contributed by atoms with Crippen LogP contribution in [0.2, 0.25) is 0 Å². The Kier molecular flexibility index (Phi) is 11.2. The molecule has 182 valence electrons. The van der Waals surface area contributed by atoms with Crippen LogP contribution in [0.5, 0.6) is 0 Å². The Morgan fingerprint density at radius 3 is 2.27 bits per heavy atom. The Morgan fingerprint density at radius 1 is 0.939 bits per heavy atom. The standard InChI is InChI=1S/C23H32N2O8/c1-4-31-20(27)8-6-5-7-19(26)17-10-9-16(24-17)15-18-21(32-13-11-29-2)22(23(28)25-18)33-14-12-30-3/h9-10,15,24H,4-8,11-14H2,1-3H3,(H,25,28). The van der Waals surface area contributed by atoms with Gasteiger partial charge in [0.25, 0.3) is 5.91 Å². The smallest absolute Gasteiger partial charge is 0.305 e. The van der Waals surface area contributed by atoms with Gasteiger partial charge in [0.15, 0.2) is 11.5 Å². The molecule has 10 nitrogen and oxygen atoms in total.